The van der Waals surface area contributed by atoms with Gasteiger partial charge in [-0.3, -0.25) is 14.9 Å². The Bertz CT molecular complexity index is 1590. The standard InChI is InChI=1S/C37H52ClN3O10S/c1-20-11-10-12-28(48-9)37(46)19-27(49-35(45)39-37)22(3)33-36(5,51-33)29(50-34(44)23(4)40(6)30(42)14-13-21(2)52)18-31(43)41(7)25-16-24(15-20)17-26(47-8)32(25)38/h10-12,16-17,21-23,27-29,33,46,52H,13-15,18-19H2,1-9H3,(H,39,45)/b12-10+,20-11+/t21?,22-,23+,27?,28-,29+,33+,36-,37+/m1/s1. The molecular weight excluding hydrogens is 714 g/mol. The van der Waals surface area contributed by atoms with E-state index in [9.17, 15) is 24.3 Å². The van der Waals surface area contributed by atoms with Crippen molar-refractivity contribution in [2.75, 3.05) is 33.2 Å². The van der Waals surface area contributed by atoms with E-state index in [1.54, 1.807) is 52.1 Å². The van der Waals surface area contributed by atoms with Gasteiger partial charge >= 0.3 is 12.1 Å². The molecule has 1 aromatic carbocycles. The number of esters is 1. The highest BCUT2D eigenvalue weighted by molar-refractivity contribution is 7.80. The van der Waals surface area contributed by atoms with Gasteiger partial charge in [0.1, 0.15) is 40.7 Å². The van der Waals surface area contributed by atoms with Crippen LogP contribution >= 0.6 is 24.2 Å². The van der Waals surface area contributed by atoms with E-state index in [1.165, 1.54) is 31.1 Å². The Hall–Kier alpha value is -3.30. The average molecular weight is 766 g/mol. The van der Waals surface area contributed by atoms with E-state index in [0.717, 1.165) is 11.1 Å². The summed E-state index contributed by atoms with van der Waals surface area (Å²) in [5.41, 5.74) is -0.906. The lowest BCUT2D eigenvalue weighted by Crippen LogP contribution is -2.63. The molecule has 9 atom stereocenters. The van der Waals surface area contributed by atoms with Crippen LogP contribution in [-0.2, 0) is 39.8 Å². The number of hydrogen-bond acceptors (Lipinski definition) is 11. The summed E-state index contributed by atoms with van der Waals surface area (Å²) in [5, 5.41) is 14.5. The Morgan fingerprint density at radius 1 is 1.25 bits per heavy atom. The number of amides is 3. The number of methoxy groups -OCH3 is 2. The van der Waals surface area contributed by atoms with E-state index in [4.69, 9.17) is 35.3 Å². The van der Waals surface area contributed by atoms with Crippen molar-refractivity contribution in [1.29, 1.82) is 0 Å². The van der Waals surface area contributed by atoms with Crippen molar-refractivity contribution in [2.24, 2.45) is 5.92 Å². The number of fused-ring (bicyclic) bond motifs is 5. The van der Waals surface area contributed by atoms with Crippen molar-refractivity contribution in [3.63, 3.8) is 0 Å². The second-order valence-corrected chi connectivity index (χ2v) is 15.6. The molecule has 3 aliphatic rings. The van der Waals surface area contributed by atoms with Crippen LogP contribution in [0, 0.1) is 5.92 Å². The number of alkyl carbamates (subject to hydrolysis) is 1. The van der Waals surface area contributed by atoms with Crippen LogP contribution < -0.4 is 15.0 Å². The van der Waals surface area contributed by atoms with E-state index in [1.807, 2.05) is 19.9 Å². The van der Waals surface area contributed by atoms with Gasteiger partial charge < -0.3 is 38.6 Å². The molecule has 2 saturated heterocycles. The van der Waals surface area contributed by atoms with Gasteiger partial charge in [-0.1, -0.05) is 49.2 Å². The number of aliphatic hydroxyl groups is 1. The number of halogens is 1. The van der Waals surface area contributed by atoms with Crippen molar-refractivity contribution in [1.82, 2.24) is 10.2 Å². The molecule has 288 valence electrons. The number of ether oxygens (including phenoxy) is 5. The van der Waals surface area contributed by atoms with E-state index in [0.29, 0.717) is 24.3 Å². The van der Waals surface area contributed by atoms with E-state index in [-0.39, 0.29) is 35.4 Å². The molecule has 13 nitrogen and oxygen atoms in total. The van der Waals surface area contributed by atoms with Crippen molar-refractivity contribution in [2.45, 2.75) is 114 Å². The predicted octanol–water partition coefficient (Wildman–Crippen LogP) is 4.61. The predicted molar refractivity (Wildman–Crippen MR) is 199 cm³/mol. The summed E-state index contributed by atoms with van der Waals surface area (Å²) in [5.74, 6) is -1.56. The zero-order chi connectivity index (χ0) is 38.7. The largest absolute Gasteiger partial charge is 0.495 e. The van der Waals surface area contributed by atoms with Crippen molar-refractivity contribution >= 4 is 53.8 Å². The monoisotopic (exact) mass is 765 g/mol. The molecule has 3 amide bonds. The normalized spacial score (nSPS) is 32.2. The lowest BCUT2D eigenvalue weighted by atomic mass is 9.83. The summed E-state index contributed by atoms with van der Waals surface area (Å²) in [6, 6.07) is 2.61. The van der Waals surface area contributed by atoms with Gasteiger partial charge in [0.05, 0.1) is 25.3 Å². The maximum atomic E-state index is 14.1. The molecule has 3 aliphatic heterocycles. The van der Waals surface area contributed by atoms with Crippen LogP contribution in [0.1, 0.15) is 65.9 Å². The first-order valence-corrected chi connectivity index (χ1v) is 18.3. The summed E-state index contributed by atoms with van der Waals surface area (Å²) < 4.78 is 29.2. The SMILES string of the molecule is COc1cc2cc(c1Cl)N(C)C(=O)C[C@H](OC(=O)[C@H](C)N(C)C(=O)CCC(C)S)[C@@]1(C)O[C@H]1[C@H](C)C1C[C@@](O)(NC(=O)O1)[C@H](OC)/C=C/C=C(\C)C2. The molecule has 0 radical (unpaired) electrons. The minimum atomic E-state index is -1.82. The van der Waals surface area contributed by atoms with Crippen LogP contribution in [0.15, 0.2) is 35.9 Å². The first-order chi connectivity index (χ1) is 24.3. The van der Waals surface area contributed by atoms with Gasteiger partial charge in [0.15, 0.2) is 5.72 Å². The molecule has 4 rings (SSSR count). The van der Waals surface area contributed by atoms with Crippen LogP contribution in [0.2, 0.25) is 5.02 Å². The number of likely N-dealkylation sites (N-methyl/N-ethyl adjacent to an activating group) is 1. The number of benzene rings is 1. The Kier molecular flexibility index (Phi) is 13.4. The first-order valence-electron chi connectivity index (χ1n) is 17.4. The van der Waals surface area contributed by atoms with Gasteiger partial charge in [0.2, 0.25) is 11.8 Å². The van der Waals surface area contributed by atoms with E-state index < -0.39 is 65.7 Å². The van der Waals surface area contributed by atoms with E-state index >= 15 is 0 Å². The van der Waals surface area contributed by atoms with Crippen molar-refractivity contribution < 1.29 is 48.0 Å². The molecule has 0 spiro atoms. The summed E-state index contributed by atoms with van der Waals surface area (Å²) in [6.45, 7) is 8.88. The number of allylic oxidation sites excluding steroid dienone is 3. The molecule has 52 heavy (non-hydrogen) atoms. The van der Waals surface area contributed by atoms with Gasteiger partial charge in [-0.05, 0) is 56.6 Å². The number of nitrogens with one attached hydrogen (secondary N) is 1. The molecule has 2 unspecified atom stereocenters. The van der Waals surface area contributed by atoms with Crippen molar-refractivity contribution in [3.8, 4) is 5.75 Å². The fourth-order valence-electron chi connectivity index (χ4n) is 6.73. The van der Waals surface area contributed by atoms with Gasteiger partial charge in [-0.15, -0.1) is 0 Å². The number of anilines is 1. The molecule has 1 aromatic rings. The summed E-state index contributed by atoms with van der Waals surface area (Å²) in [6.07, 6.45) is 1.69. The molecule has 0 saturated carbocycles. The summed E-state index contributed by atoms with van der Waals surface area (Å²) >= 11 is 11.1. The lowest BCUT2D eigenvalue weighted by Gasteiger charge is -2.42. The number of hydrogen-bond donors (Lipinski definition) is 3. The zero-order valence-electron chi connectivity index (χ0n) is 31.3. The average Bonchev–Trinajstić information content (AvgIpc) is 3.79. The van der Waals surface area contributed by atoms with Gasteiger partial charge in [-0.25, -0.2) is 9.59 Å². The van der Waals surface area contributed by atoms with Gasteiger partial charge in [-0.2, -0.15) is 12.6 Å². The van der Waals surface area contributed by atoms with Crippen molar-refractivity contribution in [3.05, 3.63) is 46.5 Å². The third-order valence-corrected chi connectivity index (χ3v) is 10.9. The first kappa shape index (κ1) is 41.5. The smallest absolute Gasteiger partial charge is 0.409 e. The second kappa shape index (κ2) is 16.8. The minimum absolute atomic E-state index is 0.00636. The van der Waals surface area contributed by atoms with Gasteiger partial charge in [0.25, 0.3) is 0 Å². The maximum absolute atomic E-state index is 14.1. The maximum Gasteiger partial charge on any atom is 0.409 e. The number of nitrogens with zero attached hydrogens (tertiary/aromatic N) is 2. The third-order valence-electron chi connectivity index (χ3n) is 10.3. The summed E-state index contributed by atoms with van der Waals surface area (Å²) in [7, 11) is 6.02. The number of epoxide rings is 1. The molecule has 2 fully saturated rings. The molecule has 0 aliphatic carbocycles. The third kappa shape index (κ3) is 9.25. The lowest BCUT2D eigenvalue weighted by molar-refractivity contribution is -0.162. The van der Waals surface area contributed by atoms with E-state index in [2.05, 4.69) is 17.9 Å². The number of carbonyl (C=O) groups is 4. The fraction of sp³-hybridized carbons (Fsp3) is 0.622. The Morgan fingerprint density at radius 2 is 1.94 bits per heavy atom. The molecular formula is C37H52ClN3O10S. The summed E-state index contributed by atoms with van der Waals surface area (Å²) in [4.78, 5) is 56.2. The molecule has 4 bridgehead atoms. The zero-order valence-corrected chi connectivity index (χ0v) is 33.0. The Labute approximate surface area is 316 Å². The highest BCUT2D eigenvalue weighted by atomic mass is 35.5. The second-order valence-electron chi connectivity index (χ2n) is 14.3. The van der Waals surface area contributed by atoms with Crippen LogP contribution in [0.4, 0.5) is 10.5 Å². The minimum Gasteiger partial charge on any atom is -0.495 e. The van der Waals surface area contributed by atoms with Crippen LogP contribution in [0.25, 0.3) is 0 Å². The Balaban J connectivity index is 1.75. The number of carbonyl (C=O) groups excluding carboxylic acids is 4. The van der Waals surface area contributed by atoms with Crippen LogP contribution in [0.3, 0.4) is 0 Å². The molecule has 3 heterocycles. The number of rotatable bonds is 8. The quantitative estimate of drug-likeness (QED) is 0.194. The van der Waals surface area contributed by atoms with Crippen LogP contribution in [0.5, 0.6) is 5.75 Å². The van der Waals surface area contributed by atoms with Gasteiger partial charge in [0, 0.05) is 40.0 Å². The number of thiol groups is 1. The molecule has 0 aromatic heterocycles. The van der Waals surface area contributed by atoms with Crippen LogP contribution in [-0.4, -0.2) is 109 Å². The molecule has 2 N–H and O–H groups in total. The highest BCUT2D eigenvalue weighted by Gasteiger charge is 2.64. The fourth-order valence-corrected chi connectivity index (χ4v) is 7.17. The molecule has 15 heteroatoms. The highest BCUT2D eigenvalue weighted by Crippen LogP contribution is 2.49. The topological polar surface area (TPSA) is 156 Å². The Morgan fingerprint density at radius 3 is 2.58 bits per heavy atom.